The zero-order chi connectivity index (χ0) is 20.1. The van der Waals surface area contributed by atoms with Gasteiger partial charge in [0.1, 0.15) is 17.0 Å². The van der Waals surface area contributed by atoms with Crippen molar-refractivity contribution in [3.05, 3.63) is 78.9 Å². The molecule has 0 spiro atoms. The first-order valence-electron chi connectivity index (χ1n) is 9.49. The summed E-state index contributed by atoms with van der Waals surface area (Å²) in [5.41, 5.74) is 7.15. The van der Waals surface area contributed by atoms with E-state index in [0.29, 0.717) is 11.3 Å². The minimum atomic E-state index is -0.246. The van der Waals surface area contributed by atoms with Gasteiger partial charge in [-0.15, -0.1) is 0 Å². The Kier molecular flexibility index (Phi) is 3.55. The molecule has 0 bridgehead atoms. The quantitative estimate of drug-likeness (QED) is 0.381. The Labute approximate surface area is 169 Å². The number of aromatic amines is 3. The lowest BCUT2D eigenvalue weighted by molar-refractivity contribution is 0.631. The number of pyridine rings is 1. The van der Waals surface area contributed by atoms with Crippen molar-refractivity contribution in [3.63, 3.8) is 0 Å². The van der Waals surface area contributed by atoms with Crippen LogP contribution in [-0.2, 0) is 0 Å². The highest BCUT2D eigenvalue weighted by atomic mass is 19.1. The molecule has 6 rings (SSSR count). The van der Waals surface area contributed by atoms with Crippen molar-refractivity contribution < 1.29 is 4.39 Å². The van der Waals surface area contributed by atoms with Crippen molar-refractivity contribution in [2.24, 2.45) is 0 Å². The molecule has 0 amide bonds. The van der Waals surface area contributed by atoms with Crippen LogP contribution in [0.15, 0.2) is 73.1 Å². The maximum Gasteiger partial charge on any atom is 0.135 e. The summed E-state index contributed by atoms with van der Waals surface area (Å²) in [6.45, 7) is 0. The fourth-order valence-electron chi connectivity index (χ4n) is 3.84. The van der Waals surface area contributed by atoms with Gasteiger partial charge in [-0.05, 0) is 35.9 Å². The van der Waals surface area contributed by atoms with Gasteiger partial charge >= 0.3 is 0 Å². The molecule has 0 saturated carbocycles. The first-order chi connectivity index (χ1) is 14.8. The highest BCUT2D eigenvalue weighted by Crippen LogP contribution is 2.34. The van der Waals surface area contributed by atoms with E-state index in [1.807, 2.05) is 42.5 Å². The molecule has 144 valence electrons. The molecule has 0 fully saturated rings. The predicted molar refractivity (Wildman–Crippen MR) is 114 cm³/mol. The van der Waals surface area contributed by atoms with Crippen LogP contribution in [0.1, 0.15) is 0 Å². The third-order valence-corrected chi connectivity index (χ3v) is 5.28. The number of fused-ring (bicyclic) bond motifs is 2. The van der Waals surface area contributed by atoms with Gasteiger partial charge in [-0.25, -0.2) is 9.37 Å². The third kappa shape index (κ3) is 2.52. The van der Waals surface area contributed by atoms with Crippen molar-refractivity contribution in [1.82, 2.24) is 30.4 Å². The Hall–Kier alpha value is -4.26. The molecule has 2 aromatic carbocycles. The minimum absolute atomic E-state index is 0.246. The summed E-state index contributed by atoms with van der Waals surface area (Å²) in [6.07, 6.45) is 3.54. The summed E-state index contributed by atoms with van der Waals surface area (Å²) >= 11 is 0. The van der Waals surface area contributed by atoms with Crippen molar-refractivity contribution in [1.29, 1.82) is 0 Å². The highest BCUT2D eigenvalue weighted by molar-refractivity contribution is 6.00. The van der Waals surface area contributed by atoms with Crippen molar-refractivity contribution in [2.75, 3.05) is 0 Å². The molecule has 6 aromatic rings. The molecule has 30 heavy (non-hydrogen) atoms. The van der Waals surface area contributed by atoms with E-state index in [0.717, 1.165) is 44.5 Å². The van der Waals surface area contributed by atoms with Gasteiger partial charge in [0.2, 0.25) is 0 Å². The maximum atomic E-state index is 14.4. The van der Waals surface area contributed by atoms with Crippen LogP contribution in [-0.4, -0.2) is 30.4 Å². The number of H-pyrrole nitrogens is 3. The van der Waals surface area contributed by atoms with Crippen LogP contribution >= 0.6 is 0 Å². The van der Waals surface area contributed by atoms with Gasteiger partial charge in [-0.2, -0.15) is 10.2 Å². The first kappa shape index (κ1) is 16.7. The Balaban J connectivity index is 1.54. The SMILES string of the molecule is Fc1ccccc1-c1cccc2[nH]c(-c3n[nH]c4ccc(-c5cn[nH]c5)nc34)cc12. The molecular weight excluding hydrogens is 379 g/mol. The largest absolute Gasteiger partial charge is 0.353 e. The molecule has 3 N–H and O–H groups in total. The molecule has 0 unspecified atom stereocenters. The second-order valence-electron chi connectivity index (χ2n) is 7.08. The smallest absolute Gasteiger partial charge is 0.135 e. The van der Waals surface area contributed by atoms with E-state index < -0.39 is 0 Å². The number of halogens is 1. The number of hydrogen-bond acceptors (Lipinski definition) is 3. The Morgan fingerprint density at radius 2 is 1.77 bits per heavy atom. The zero-order valence-corrected chi connectivity index (χ0v) is 15.6. The summed E-state index contributed by atoms with van der Waals surface area (Å²) in [4.78, 5) is 8.20. The molecule has 7 heteroatoms. The van der Waals surface area contributed by atoms with Gasteiger partial charge in [0.05, 0.1) is 23.1 Å². The van der Waals surface area contributed by atoms with E-state index in [1.165, 1.54) is 6.07 Å². The van der Waals surface area contributed by atoms with Crippen molar-refractivity contribution >= 4 is 21.9 Å². The summed E-state index contributed by atoms with van der Waals surface area (Å²) in [5.74, 6) is -0.246. The van der Waals surface area contributed by atoms with Crippen LogP contribution in [0.3, 0.4) is 0 Å². The van der Waals surface area contributed by atoms with Gasteiger partial charge in [0.15, 0.2) is 0 Å². The molecule has 0 saturated heterocycles. The Morgan fingerprint density at radius 3 is 2.63 bits per heavy atom. The van der Waals surface area contributed by atoms with Crippen LogP contribution in [0.2, 0.25) is 0 Å². The lowest BCUT2D eigenvalue weighted by Crippen LogP contribution is -1.84. The lowest BCUT2D eigenvalue weighted by atomic mass is 10.0. The van der Waals surface area contributed by atoms with Gasteiger partial charge in [-0.1, -0.05) is 30.3 Å². The second-order valence-corrected chi connectivity index (χ2v) is 7.08. The minimum Gasteiger partial charge on any atom is -0.353 e. The second kappa shape index (κ2) is 6.38. The Bertz CT molecular complexity index is 1510. The average Bonchev–Trinajstić information content (AvgIpc) is 3.51. The lowest BCUT2D eigenvalue weighted by Gasteiger charge is -2.04. The van der Waals surface area contributed by atoms with E-state index in [-0.39, 0.29) is 5.82 Å². The fourth-order valence-corrected chi connectivity index (χ4v) is 3.84. The summed E-state index contributed by atoms with van der Waals surface area (Å²) in [6, 6.07) is 18.5. The number of aromatic nitrogens is 6. The van der Waals surface area contributed by atoms with Crippen molar-refractivity contribution in [3.8, 4) is 33.8 Å². The first-order valence-corrected chi connectivity index (χ1v) is 9.49. The van der Waals surface area contributed by atoms with E-state index in [2.05, 4.69) is 25.4 Å². The maximum absolute atomic E-state index is 14.4. The van der Waals surface area contributed by atoms with Crippen LogP contribution in [0, 0.1) is 5.82 Å². The van der Waals surface area contributed by atoms with E-state index in [9.17, 15) is 4.39 Å². The van der Waals surface area contributed by atoms with Crippen LogP contribution in [0.4, 0.5) is 4.39 Å². The Morgan fingerprint density at radius 1 is 0.867 bits per heavy atom. The molecular formula is C23H15FN6. The fraction of sp³-hybridized carbons (Fsp3) is 0. The molecule has 0 aliphatic carbocycles. The van der Waals surface area contributed by atoms with Gasteiger partial charge in [0, 0.05) is 28.2 Å². The summed E-state index contributed by atoms with van der Waals surface area (Å²) < 4.78 is 14.4. The number of benzene rings is 2. The summed E-state index contributed by atoms with van der Waals surface area (Å²) in [5, 5.41) is 15.3. The normalized spacial score (nSPS) is 11.5. The van der Waals surface area contributed by atoms with E-state index in [4.69, 9.17) is 4.98 Å². The topological polar surface area (TPSA) is 86.0 Å². The standard InChI is InChI=1S/C23H15FN6/c24-17-6-2-1-4-15(17)14-5-3-7-19-16(14)10-21(27-19)23-22-20(29-30-23)9-8-18(28-22)13-11-25-26-12-13/h1-12,27H,(H,25,26)(H,29,30). The molecule has 4 heterocycles. The average molecular weight is 394 g/mol. The number of nitrogens with zero attached hydrogens (tertiary/aromatic N) is 3. The van der Waals surface area contributed by atoms with Crippen LogP contribution in [0.25, 0.3) is 55.7 Å². The van der Waals surface area contributed by atoms with Crippen molar-refractivity contribution in [2.45, 2.75) is 0 Å². The number of hydrogen-bond donors (Lipinski definition) is 3. The highest BCUT2D eigenvalue weighted by Gasteiger charge is 2.16. The van der Waals surface area contributed by atoms with Crippen LogP contribution < -0.4 is 0 Å². The third-order valence-electron chi connectivity index (χ3n) is 5.28. The predicted octanol–water partition coefficient (Wildman–Crippen LogP) is 5.30. The molecule has 4 aromatic heterocycles. The number of rotatable bonds is 3. The molecule has 0 atom stereocenters. The van der Waals surface area contributed by atoms with Gasteiger partial charge < -0.3 is 4.98 Å². The number of nitrogens with one attached hydrogen (secondary N) is 3. The van der Waals surface area contributed by atoms with Crippen LogP contribution in [0.5, 0.6) is 0 Å². The van der Waals surface area contributed by atoms with E-state index >= 15 is 0 Å². The van der Waals surface area contributed by atoms with Gasteiger partial charge in [-0.3, -0.25) is 10.2 Å². The monoisotopic (exact) mass is 394 g/mol. The molecule has 0 aliphatic rings. The van der Waals surface area contributed by atoms with E-state index in [1.54, 1.807) is 24.5 Å². The zero-order valence-electron chi connectivity index (χ0n) is 15.6. The van der Waals surface area contributed by atoms with Gasteiger partial charge in [0.25, 0.3) is 0 Å². The summed E-state index contributed by atoms with van der Waals surface area (Å²) in [7, 11) is 0. The molecule has 0 aliphatic heterocycles. The molecule has 0 radical (unpaired) electrons. The molecule has 6 nitrogen and oxygen atoms in total.